The summed E-state index contributed by atoms with van der Waals surface area (Å²) in [6, 6.07) is 0.688. The van der Waals surface area contributed by atoms with Crippen LogP contribution >= 0.6 is 12.4 Å². The predicted molar refractivity (Wildman–Crippen MR) is 61.4 cm³/mol. The molecule has 1 saturated carbocycles. The second-order valence-corrected chi connectivity index (χ2v) is 4.59. The molecule has 4 heteroatoms. The van der Waals surface area contributed by atoms with Gasteiger partial charge in [-0.05, 0) is 51.6 Å². The zero-order valence-electron chi connectivity index (χ0n) is 9.02. The summed E-state index contributed by atoms with van der Waals surface area (Å²) in [6.07, 6.45) is 6.62. The van der Waals surface area contributed by atoms with Gasteiger partial charge >= 0.3 is 5.97 Å². The molecule has 0 aromatic heterocycles. The van der Waals surface area contributed by atoms with Crippen LogP contribution in [0, 0.1) is 5.92 Å². The Balaban J connectivity index is 0.00000112. The number of nitrogens with zero attached hydrogens (tertiary/aromatic N) is 1. The van der Waals surface area contributed by atoms with Crippen LogP contribution in [0.1, 0.15) is 38.5 Å². The number of hydrogen-bond acceptors (Lipinski definition) is 2. The molecular weight excluding hydrogens is 214 g/mol. The first-order valence-electron chi connectivity index (χ1n) is 5.74. The van der Waals surface area contributed by atoms with Crippen molar-refractivity contribution in [2.24, 2.45) is 5.92 Å². The Morgan fingerprint density at radius 2 is 1.60 bits per heavy atom. The van der Waals surface area contributed by atoms with Gasteiger partial charge in [0.1, 0.15) is 0 Å². The van der Waals surface area contributed by atoms with E-state index in [4.69, 9.17) is 5.11 Å². The molecule has 88 valence electrons. The summed E-state index contributed by atoms with van der Waals surface area (Å²) in [4.78, 5) is 13.3. The lowest BCUT2D eigenvalue weighted by molar-refractivity contribution is -0.143. The summed E-state index contributed by atoms with van der Waals surface area (Å²) in [6.45, 7) is 2.48. The molecule has 2 fully saturated rings. The van der Waals surface area contributed by atoms with Crippen molar-refractivity contribution in [3.05, 3.63) is 0 Å². The summed E-state index contributed by atoms with van der Waals surface area (Å²) in [5.41, 5.74) is 0. The van der Waals surface area contributed by atoms with Crippen molar-refractivity contribution in [1.29, 1.82) is 0 Å². The van der Waals surface area contributed by atoms with Crippen LogP contribution in [0.25, 0.3) is 0 Å². The number of carbonyl (C=O) groups is 1. The zero-order valence-corrected chi connectivity index (χ0v) is 9.84. The van der Waals surface area contributed by atoms with Gasteiger partial charge in [-0.15, -0.1) is 12.4 Å². The Morgan fingerprint density at radius 1 is 1.07 bits per heavy atom. The second kappa shape index (κ2) is 5.71. The van der Waals surface area contributed by atoms with Crippen LogP contribution in [0.4, 0.5) is 0 Å². The Morgan fingerprint density at radius 3 is 2.07 bits per heavy atom. The molecule has 0 bridgehead atoms. The van der Waals surface area contributed by atoms with Crippen molar-refractivity contribution in [3.63, 3.8) is 0 Å². The van der Waals surface area contributed by atoms with E-state index in [0.29, 0.717) is 6.04 Å². The minimum Gasteiger partial charge on any atom is -0.481 e. The van der Waals surface area contributed by atoms with E-state index in [1.165, 1.54) is 25.9 Å². The maximum atomic E-state index is 10.8. The lowest BCUT2D eigenvalue weighted by Crippen LogP contribution is -2.37. The molecule has 0 aromatic carbocycles. The van der Waals surface area contributed by atoms with Gasteiger partial charge in [0.05, 0.1) is 5.92 Å². The van der Waals surface area contributed by atoms with Gasteiger partial charge in [-0.3, -0.25) is 4.79 Å². The molecule has 1 N–H and O–H groups in total. The van der Waals surface area contributed by atoms with Crippen molar-refractivity contribution in [2.45, 2.75) is 44.6 Å². The van der Waals surface area contributed by atoms with Gasteiger partial charge in [0, 0.05) is 6.04 Å². The smallest absolute Gasteiger partial charge is 0.306 e. The Bertz CT molecular complexity index is 209. The van der Waals surface area contributed by atoms with E-state index in [1.54, 1.807) is 0 Å². The second-order valence-electron chi connectivity index (χ2n) is 4.59. The van der Waals surface area contributed by atoms with Gasteiger partial charge in [-0.1, -0.05) is 0 Å². The maximum absolute atomic E-state index is 10.8. The molecule has 0 radical (unpaired) electrons. The van der Waals surface area contributed by atoms with Gasteiger partial charge in [0.15, 0.2) is 0 Å². The van der Waals surface area contributed by atoms with Crippen molar-refractivity contribution in [1.82, 2.24) is 4.90 Å². The summed E-state index contributed by atoms with van der Waals surface area (Å²) in [7, 11) is 0. The lowest BCUT2D eigenvalue weighted by Gasteiger charge is -2.33. The third kappa shape index (κ3) is 3.08. The highest BCUT2D eigenvalue weighted by Gasteiger charge is 2.29. The molecule has 2 rings (SSSR count). The van der Waals surface area contributed by atoms with Crippen LogP contribution in [0.15, 0.2) is 0 Å². The van der Waals surface area contributed by atoms with E-state index in [2.05, 4.69) is 4.90 Å². The lowest BCUT2D eigenvalue weighted by atomic mass is 9.85. The van der Waals surface area contributed by atoms with Gasteiger partial charge in [0.25, 0.3) is 0 Å². The molecule has 1 saturated heterocycles. The Labute approximate surface area is 97.2 Å². The maximum Gasteiger partial charge on any atom is 0.306 e. The molecule has 0 aromatic rings. The summed E-state index contributed by atoms with van der Waals surface area (Å²) in [5, 5.41) is 8.88. The molecule has 0 amide bonds. The van der Waals surface area contributed by atoms with Crippen LogP contribution in [-0.2, 0) is 4.79 Å². The summed E-state index contributed by atoms with van der Waals surface area (Å²) >= 11 is 0. The fourth-order valence-electron chi connectivity index (χ4n) is 2.79. The monoisotopic (exact) mass is 233 g/mol. The normalized spacial score (nSPS) is 32.3. The molecule has 15 heavy (non-hydrogen) atoms. The van der Waals surface area contributed by atoms with Gasteiger partial charge in [-0.2, -0.15) is 0 Å². The molecule has 1 aliphatic heterocycles. The molecule has 1 aliphatic carbocycles. The van der Waals surface area contributed by atoms with Gasteiger partial charge in [-0.25, -0.2) is 0 Å². The average molecular weight is 234 g/mol. The number of halogens is 1. The fraction of sp³-hybridized carbons (Fsp3) is 0.909. The van der Waals surface area contributed by atoms with Crippen molar-refractivity contribution >= 4 is 18.4 Å². The number of aliphatic carboxylic acids is 1. The number of carboxylic acid groups (broad SMARTS) is 1. The Kier molecular flexibility index (Phi) is 4.87. The number of carboxylic acids is 1. The van der Waals surface area contributed by atoms with Crippen LogP contribution < -0.4 is 0 Å². The van der Waals surface area contributed by atoms with Crippen LogP contribution in [-0.4, -0.2) is 35.1 Å². The van der Waals surface area contributed by atoms with E-state index in [-0.39, 0.29) is 18.3 Å². The third-order valence-electron chi connectivity index (χ3n) is 3.70. The van der Waals surface area contributed by atoms with E-state index >= 15 is 0 Å². The van der Waals surface area contributed by atoms with E-state index < -0.39 is 5.97 Å². The molecule has 1 heterocycles. The van der Waals surface area contributed by atoms with Gasteiger partial charge < -0.3 is 10.0 Å². The first kappa shape index (κ1) is 12.8. The van der Waals surface area contributed by atoms with Crippen LogP contribution in [0.5, 0.6) is 0 Å². The van der Waals surface area contributed by atoms with E-state index in [9.17, 15) is 4.79 Å². The van der Waals surface area contributed by atoms with Crippen LogP contribution in [0.2, 0.25) is 0 Å². The number of rotatable bonds is 2. The average Bonchev–Trinajstić information content (AvgIpc) is 2.71. The molecule has 0 atom stereocenters. The minimum atomic E-state index is -0.593. The quantitative estimate of drug-likeness (QED) is 0.795. The molecule has 0 unspecified atom stereocenters. The summed E-state index contributed by atoms with van der Waals surface area (Å²) < 4.78 is 0. The van der Waals surface area contributed by atoms with E-state index in [1.807, 2.05) is 0 Å². The zero-order chi connectivity index (χ0) is 9.97. The summed E-state index contributed by atoms with van der Waals surface area (Å²) in [5.74, 6) is -0.654. The SMILES string of the molecule is Cl.O=C(O)[C@H]1CC[C@H](N2CCCC2)CC1. The molecule has 0 spiro atoms. The first-order chi connectivity index (χ1) is 6.77. The Hall–Kier alpha value is -0.280. The minimum absolute atomic E-state index is 0. The fourth-order valence-corrected chi connectivity index (χ4v) is 2.79. The first-order valence-corrected chi connectivity index (χ1v) is 5.74. The van der Waals surface area contributed by atoms with Crippen molar-refractivity contribution in [3.8, 4) is 0 Å². The standard InChI is InChI=1S/C11H19NO2.ClH/c13-11(14)9-3-5-10(6-4-9)12-7-1-2-8-12;/h9-10H,1-8H2,(H,13,14);1H/t9-,10-;. The van der Waals surface area contributed by atoms with Crippen molar-refractivity contribution in [2.75, 3.05) is 13.1 Å². The van der Waals surface area contributed by atoms with Crippen molar-refractivity contribution < 1.29 is 9.90 Å². The molecular formula is C11H20ClNO2. The van der Waals surface area contributed by atoms with Crippen LogP contribution in [0.3, 0.4) is 0 Å². The topological polar surface area (TPSA) is 40.5 Å². The highest BCUT2D eigenvalue weighted by atomic mass is 35.5. The molecule has 3 nitrogen and oxygen atoms in total. The highest BCUT2D eigenvalue weighted by molar-refractivity contribution is 5.85. The van der Waals surface area contributed by atoms with E-state index in [0.717, 1.165) is 25.7 Å². The highest BCUT2D eigenvalue weighted by Crippen LogP contribution is 2.29. The van der Waals surface area contributed by atoms with Gasteiger partial charge in [0.2, 0.25) is 0 Å². The predicted octanol–water partition coefficient (Wildman–Crippen LogP) is 2.15. The number of likely N-dealkylation sites (tertiary alicyclic amines) is 1. The third-order valence-corrected chi connectivity index (χ3v) is 3.70. The molecule has 2 aliphatic rings. The largest absolute Gasteiger partial charge is 0.481 e. The number of hydrogen-bond donors (Lipinski definition) is 1.